The molecule has 31 heavy (non-hydrogen) atoms. The molecule has 0 radical (unpaired) electrons. The molecule has 1 unspecified atom stereocenters. The van der Waals surface area contributed by atoms with Crippen LogP contribution in [0, 0.1) is 6.92 Å². The van der Waals surface area contributed by atoms with Gasteiger partial charge in [-0.15, -0.1) is 0 Å². The lowest BCUT2D eigenvalue weighted by atomic mass is 9.95. The van der Waals surface area contributed by atoms with E-state index in [9.17, 15) is 5.11 Å². The number of rotatable bonds is 7. The maximum Gasteiger partial charge on any atom is 0.253 e. The Balaban J connectivity index is 1.85. The second-order valence-corrected chi connectivity index (χ2v) is 7.28. The summed E-state index contributed by atoms with van der Waals surface area (Å²) in [7, 11) is 1.62. The second-order valence-electron chi connectivity index (χ2n) is 7.28. The van der Waals surface area contributed by atoms with Gasteiger partial charge in [0, 0.05) is 17.8 Å². The minimum atomic E-state index is -0.364. The number of ether oxygens (including phenoxy) is 2. The summed E-state index contributed by atoms with van der Waals surface area (Å²) in [5, 5.41) is 15.5. The normalized spacial score (nSPS) is 11.8. The number of aromatic nitrogens is 2. The molecule has 2 aromatic carbocycles. The van der Waals surface area contributed by atoms with Crippen LogP contribution in [0.4, 0.5) is 5.82 Å². The number of fused-ring (bicyclic) bond motifs is 1. The van der Waals surface area contributed by atoms with E-state index in [1.165, 1.54) is 0 Å². The lowest BCUT2D eigenvalue weighted by molar-refractivity contribution is -0.345. The first-order valence-corrected chi connectivity index (χ1v) is 10.2. The number of benzene rings is 2. The Hall–Kier alpha value is -3.80. The van der Waals surface area contributed by atoms with Crippen LogP contribution in [0.5, 0.6) is 17.2 Å². The first-order valence-electron chi connectivity index (χ1n) is 10.2. The number of H-pyrrole nitrogens is 1. The van der Waals surface area contributed by atoms with E-state index < -0.39 is 0 Å². The number of aromatic hydroxyl groups is 1. The monoisotopic (exact) mass is 416 g/mol. The van der Waals surface area contributed by atoms with Crippen molar-refractivity contribution in [2.24, 2.45) is 0 Å². The van der Waals surface area contributed by atoms with E-state index in [1.807, 2.05) is 68.4 Å². The van der Waals surface area contributed by atoms with Gasteiger partial charge < -0.3 is 19.9 Å². The summed E-state index contributed by atoms with van der Waals surface area (Å²) in [6.45, 7) is 4.50. The molecule has 4 rings (SSSR count). The fourth-order valence-corrected chi connectivity index (χ4v) is 3.67. The molecule has 0 aliphatic heterocycles. The van der Waals surface area contributed by atoms with Crippen molar-refractivity contribution in [2.75, 3.05) is 19.0 Å². The average molecular weight is 417 g/mol. The van der Waals surface area contributed by atoms with Crippen molar-refractivity contribution in [3.63, 3.8) is 0 Å². The summed E-state index contributed by atoms with van der Waals surface area (Å²) in [6.07, 6.45) is 3.57. The maximum atomic E-state index is 11.1. The third-order valence-corrected chi connectivity index (χ3v) is 5.18. The highest BCUT2D eigenvalue weighted by atomic mass is 16.5. The van der Waals surface area contributed by atoms with Gasteiger partial charge in [0.1, 0.15) is 5.82 Å². The highest BCUT2D eigenvalue weighted by Gasteiger charge is 2.23. The van der Waals surface area contributed by atoms with Gasteiger partial charge in [0.25, 0.3) is 5.52 Å². The van der Waals surface area contributed by atoms with Gasteiger partial charge in [-0.3, -0.25) is 0 Å². The standard InChI is InChI=1S/C25H25N3O3/c1-4-31-20-10-8-18(15-21(20)30-3)23(28-22-14-16(2)11-13-26-22)19-9-7-17-6-5-12-27-24(17)25(19)29/h5-15,23,29H,4H2,1-3H3,(H,26,28)/p+1. The van der Waals surface area contributed by atoms with Crippen LogP contribution in [0.25, 0.3) is 10.9 Å². The SMILES string of the molecule is CCOc1ccc(C(Nc2cc(C)ccn2)c2ccc3ccc[nH+]c3c2O)cc1OC. The molecule has 0 fully saturated rings. The van der Waals surface area contributed by atoms with E-state index >= 15 is 0 Å². The molecule has 6 nitrogen and oxygen atoms in total. The van der Waals surface area contributed by atoms with Gasteiger partial charge in [-0.05, 0) is 61.4 Å². The van der Waals surface area contributed by atoms with E-state index in [4.69, 9.17) is 9.47 Å². The first kappa shape index (κ1) is 20.5. The summed E-state index contributed by atoms with van der Waals surface area (Å²) in [5.41, 5.74) is 3.41. The van der Waals surface area contributed by atoms with Gasteiger partial charge in [-0.2, -0.15) is 0 Å². The van der Waals surface area contributed by atoms with Gasteiger partial charge in [0.2, 0.25) is 0 Å². The molecule has 0 saturated carbocycles. The van der Waals surface area contributed by atoms with Gasteiger partial charge >= 0.3 is 0 Å². The van der Waals surface area contributed by atoms with Gasteiger partial charge in [0.15, 0.2) is 23.4 Å². The van der Waals surface area contributed by atoms with E-state index in [2.05, 4.69) is 15.3 Å². The van der Waals surface area contributed by atoms with Crippen molar-refractivity contribution in [3.05, 3.63) is 83.7 Å². The number of methoxy groups -OCH3 is 1. The predicted octanol–water partition coefficient (Wildman–Crippen LogP) is 4.67. The highest BCUT2D eigenvalue weighted by Crippen LogP contribution is 2.38. The zero-order valence-electron chi connectivity index (χ0n) is 17.8. The molecule has 3 N–H and O–H groups in total. The Kier molecular flexibility index (Phi) is 5.89. The molecule has 0 aliphatic carbocycles. The van der Waals surface area contributed by atoms with E-state index in [0.717, 1.165) is 27.9 Å². The Labute approximate surface area is 181 Å². The van der Waals surface area contributed by atoms with Crippen LogP contribution in [0.15, 0.2) is 67.0 Å². The molecular weight excluding hydrogens is 390 g/mol. The molecule has 1 atom stereocenters. The van der Waals surface area contributed by atoms with Crippen LogP contribution in [0.2, 0.25) is 0 Å². The van der Waals surface area contributed by atoms with Crippen LogP contribution >= 0.6 is 0 Å². The fraction of sp³-hybridized carbons (Fsp3) is 0.200. The summed E-state index contributed by atoms with van der Waals surface area (Å²) < 4.78 is 11.2. The third-order valence-electron chi connectivity index (χ3n) is 5.18. The van der Waals surface area contributed by atoms with Crippen molar-refractivity contribution in [1.82, 2.24) is 4.98 Å². The zero-order chi connectivity index (χ0) is 21.8. The molecular formula is C25H26N3O3+. The average Bonchev–Trinajstić information content (AvgIpc) is 2.79. The molecule has 0 bridgehead atoms. The third kappa shape index (κ3) is 4.23. The van der Waals surface area contributed by atoms with Crippen molar-refractivity contribution in [1.29, 1.82) is 0 Å². The number of aryl methyl sites for hydroxylation is 1. The predicted molar refractivity (Wildman–Crippen MR) is 121 cm³/mol. The number of phenols is 1. The molecule has 0 saturated heterocycles. The minimum Gasteiger partial charge on any atom is -0.502 e. The Morgan fingerprint density at radius 3 is 2.74 bits per heavy atom. The Morgan fingerprint density at radius 2 is 1.97 bits per heavy atom. The zero-order valence-corrected chi connectivity index (χ0v) is 17.8. The molecule has 4 aromatic rings. The molecule has 6 heteroatoms. The lowest BCUT2D eigenvalue weighted by Gasteiger charge is -2.22. The first-order chi connectivity index (χ1) is 15.1. The van der Waals surface area contributed by atoms with Crippen LogP contribution in [0.1, 0.15) is 29.7 Å². The van der Waals surface area contributed by atoms with Crippen molar-refractivity contribution >= 4 is 16.7 Å². The van der Waals surface area contributed by atoms with Gasteiger partial charge in [0.05, 0.1) is 25.1 Å². The smallest absolute Gasteiger partial charge is 0.253 e. The van der Waals surface area contributed by atoms with E-state index in [-0.39, 0.29) is 11.8 Å². The number of pyridine rings is 2. The molecule has 0 spiro atoms. The number of hydrogen-bond acceptors (Lipinski definition) is 5. The highest BCUT2D eigenvalue weighted by molar-refractivity contribution is 5.83. The van der Waals surface area contributed by atoms with Crippen molar-refractivity contribution in [3.8, 4) is 17.2 Å². The number of phenolic OH excluding ortho intramolecular Hbond substituents is 1. The van der Waals surface area contributed by atoms with Crippen molar-refractivity contribution in [2.45, 2.75) is 19.9 Å². The quantitative estimate of drug-likeness (QED) is 0.458. The lowest BCUT2D eigenvalue weighted by Crippen LogP contribution is -2.15. The second kappa shape index (κ2) is 8.92. The number of anilines is 1. The summed E-state index contributed by atoms with van der Waals surface area (Å²) in [4.78, 5) is 7.60. The fourth-order valence-electron chi connectivity index (χ4n) is 3.67. The number of nitrogens with one attached hydrogen (secondary N) is 2. The van der Waals surface area contributed by atoms with Crippen LogP contribution < -0.4 is 19.8 Å². The van der Waals surface area contributed by atoms with Crippen LogP contribution in [-0.4, -0.2) is 23.8 Å². The van der Waals surface area contributed by atoms with Gasteiger partial charge in [-0.1, -0.05) is 12.1 Å². The van der Waals surface area contributed by atoms with Crippen molar-refractivity contribution < 1.29 is 19.6 Å². The number of hydrogen-bond donors (Lipinski definition) is 2. The van der Waals surface area contributed by atoms with Gasteiger partial charge in [-0.25, -0.2) is 9.97 Å². The Bertz CT molecular complexity index is 1210. The molecule has 2 heterocycles. The maximum absolute atomic E-state index is 11.1. The van der Waals surface area contributed by atoms with Crippen LogP contribution in [0.3, 0.4) is 0 Å². The Morgan fingerprint density at radius 1 is 1.10 bits per heavy atom. The summed E-state index contributed by atoms with van der Waals surface area (Å²) in [5.74, 6) is 2.22. The number of nitrogens with zero attached hydrogens (tertiary/aromatic N) is 1. The topological polar surface area (TPSA) is 77.8 Å². The number of aromatic amines is 1. The van der Waals surface area contributed by atoms with Crippen LogP contribution in [-0.2, 0) is 0 Å². The summed E-state index contributed by atoms with van der Waals surface area (Å²) >= 11 is 0. The van der Waals surface area contributed by atoms with E-state index in [1.54, 1.807) is 19.5 Å². The van der Waals surface area contributed by atoms with E-state index in [0.29, 0.717) is 23.6 Å². The largest absolute Gasteiger partial charge is 0.502 e. The minimum absolute atomic E-state index is 0.191. The molecule has 158 valence electrons. The molecule has 0 amide bonds. The molecule has 0 aliphatic rings. The molecule has 2 aromatic heterocycles. The summed E-state index contributed by atoms with van der Waals surface area (Å²) in [6, 6.07) is 17.1.